The van der Waals surface area contributed by atoms with Gasteiger partial charge in [-0.05, 0) is 46.3 Å². The van der Waals surface area contributed by atoms with Gasteiger partial charge in [-0.25, -0.2) is 0 Å². The van der Waals surface area contributed by atoms with Gasteiger partial charge in [-0.3, -0.25) is 10.1 Å². The topological polar surface area (TPSA) is 64.9 Å². The largest absolute Gasteiger partial charge is 0.356 e. The predicted octanol–water partition coefficient (Wildman–Crippen LogP) is 1.92. The fraction of sp³-hybridized carbons (Fsp3) is 0.846. The second-order valence-electron chi connectivity index (χ2n) is 4.85. The number of amides is 1. The molecule has 0 heterocycles. The molecule has 1 atom stereocenters. The Bertz CT molecular complexity index is 288. The third-order valence-corrected chi connectivity index (χ3v) is 3.47. The van der Waals surface area contributed by atoms with Crippen molar-refractivity contribution in [3.8, 4) is 6.07 Å². The highest BCUT2D eigenvalue weighted by atomic mass is 32.2. The van der Waals surface area contributed by atoms with Gasteiger partial charge in [-0.1, -0.05) is 0 Å². The fourth-order valence-corrected chi connectivity index (χ4v) is 2.52. The number of nitrogens with one attached hydrogen (secondary N) is 2. The molecule has 2 N–H and O–H groups in total. The molecule has 0 radical (unpaired) electrons. The monoisotopic (exact) mass is 271 g/mol. The summed E-state index contributed by atoms with van der Waals surface area (Å²) in [5.41, 5.74) is -0.458. The molecule has 0 saturated carbocycles. The van der Waals surface area contributed by atoms with Crippen LogP contribution in [0.3, 0.4) is 0 Å². The van der Waals surface area contributed by atoms with Crippen molar-refractivity contribution in [3.63, 3.8) is 0 Å². The lowest BCUT2D eigenvalue weighted by molar-refractivity contribution is -0.118. The molecule has 4 nitrogen and oxygen atoms in total. The molecule has 0 aliphatic heterocycles. The summed E-state index contributed by atoms with van der Waals surface area (Å²) in [6.07, 6.45) is 1.75. The number of carbonyl (C=O) groups excluding carboxylic acids is 1. The minimum Gasteiger partial charge on any atom is -0.356 e. The van der Waals surface area contributed by atoms with Crippen LogP contribution >= 0.6 is 11.8 Å². The Morgan fingerprint density at radius 3 is 2.67 bits per heavy atom. The summed E-state index contributed by atoms with van der Waals surface area (Å²) in [6, 6.07) is 2.63. The lowest BCUT2D eigenvalue weighted by atomic mass is 9.97. The van der Waals surface area contributed by atoms with Crippen LogP contribution < -0.4 is 10.6 Å². The van der Waals surface area contributed by atoms with Crippen molar-refractivity contribution in [1.82, 2.24) is 10.6 Å². The van der Waals surface area contributed by atoms with Crippen molar-refractivity contribution >= 4 is 17.7 Å². The van der Waals surface area contributed by atoms with E-state index in [9.17, 15) is 4.79 Å². The van der Waals surface area contributed by atoms with Crippen LogP contribution in [0.5, 0.6) is 0 Å². The molecule has 0 aliphatic carbocycles. The maximum Gasteiger partial charge on any atom is 0.229 e. The Morgan fingerprint density at radius 1 is 1.50 bits per heavy atom. The Labute approximate surface area is 115 Å². The van der Waals surface area contributed by atoms with Crippen LogP contribution in [0.25, 0.3) is 0 Å². The first-order valence-corrected chi connectivity index (χ1v) is 7.62. The zero-order valence-electron chi connectivity index (χ0n) is 11.9. The Kier molecular flexibility index (Phi) is 8.86. The minimum absolute atomic E-state index is 0.0888. The van der Waals surface area contributed by atoms with E-state index < -0.39 is 5.54 Å². The zero-order valence-corrected chi connectivity index (χ0v) is 12.7. The summed E-state index contributed by atoms with van der Waals surface area (Å²) >= 11 is 1.62. The van der Waals surface area contributed by atoms with E-state index in [2.05, 4.69) is 16.7 Å². The molecule has 1 unspecified atom stereocenters. The Balaban J connectivity index is 3.76. The Hall–Kier alpha value is -0.730. The lowest BCUT2D eigenvalue weighted by Gasteiger charge is -2.25. The Morgan fingerprint density at radius 2 is 2.17 bits per heavy atom. The van der Waals surface area contributed by atoms with Gasteiger partial charge in [-0.2, -0.15) is 17.0 Å². The molecule has 0 aromatic heterocycles. The first-order valence-electron chi connectivity index (χ1n) is 6.47. The molecule has 0 saturated heterocycles. The van der Waals surface area contributed by atoms with E-state index in [0.717, 1.165) is 18.6 Å². The summed E-state index contributed by atoms with van der Waals surface area (Å²) in [5, 5.41) is 15.2. The average molecular weight is 271 g/mol. The van der Waals surface area contributed by atoms with Crippen LogP contribution in [0, 0.1) is 11.3 Å². The standard InChI is InChI=1S/C13H25N3OS/c1-5-15-12(17)9-18-8-6-7-13(4,10-14)16-11(2)3/h11,16H,5-9H2,1-4H3,(H,15,17). The number of carbonyl (C=O) groups is 1. The maximum atomic E-state index is 11.2. The maximum absolute atomic E-state index is 11.2. The third-order valence-electron chi connectivity index (χ3n) is 2.43. The van der Waals surface area contributed by atoms with Crippen molar-refractivity contribution in [1.29, 1.82) is 5.26 Å². The van der Waals surface area contributed by atoms with Gasteiger partial charge in [-0.15, -0.1) is 0 Å². The first kappa shape index (κ1) is 17.3. The van der Waals surface area contributed by atoms with Crippen LogP contribution in [0.1, 0.15) is 40.5 Å². The van der Waals surface area contributed by atoms with Crippen LogP contribution in [0.15, 0.2) is 0 Å². The van der Waals surface area contributed by atoms with E-state index in [1.807, 2.05) is 27.7 Å². The van der Waals surface area contributed by atoms with Gasteiger partial charge >= 0.3 is 0 Å². The van der Waals surface area contributed by atoms with Crippen LogP contribution in [0.4, 0.5) is 0 Å². The van der Waals surface area contributed by atoms with Gasteiger partial charge in [0.05, 0.1) is 11.8 Å². The van der Waals surface area contributed by atoms with Gasteiger partial charge < -0.3 is 5.32 Å². The average Bonchev–Trinajstić information content (AvgIpc) is 2.28. The fourth-order valence-electron chi connectivity index (χ4n) is 1.74. The molecule has 0 bridgehead atoms. The highest BCUT2D eigenvalue weighted by Crippen LogP contribution is 2.15. The predicted molar refractivity (Wildman–Crippen MR) is 77.5 cm³/mol. The molecular weight excluding hydrogens is 246 g/mol. The molecule has 0 aliphatic rings. The van der Waals surface area contributed by atoms with Crippen LogP contribution in [-0.4, -0.2) is 35.5 Å². The SMILES string of the molecule is CCNC(=O)CSCCCC(C)(C#N)NC(C)C. The summed E-state index contributed by atoms with van der Waals surface area (Å²) in [7, 11) is 0. The summed E-state index contributed by atoms with van der Waals surface area (Å²) in [4.78, 5) is 11.2. The quantitative estimate of drug-likeness (QED) is 0.629. The van der Waals surface area contributed by atoms with Crippen molar-refractivity contribution in [2.24, 2.45) is 0 Å². The smallest absolute Gasteiger partial charge is 0.229 e. The number of nitrogens with zero attached hydrogens (tertiary/aromatic N) is 1. The van der Waals surface area contributed by atoms with Crippen molar-refractivity contribution in [2.45, 2.75) is 52.1 Å². The minimum atomic E-state index is -0.458. The molecule has 18 heavy (non-hydrogen) atoms. The second-order valence-corrected chi connectivity index (χ2v) is 5.96. The van der Waals surface area contributed by atoms with Crippen molar-refractivity contribution in [3.05, 3.63) is 0 Å². The van der Waals surface area contributed by atoms with Crippen LogP contribution in [-0.2, 0) is 4.79 Å². The molecule has 5 heteroatoms. The number of hydrogen-bond acceptors (Lipinski definition) is 4. The highest BCUT2D eigenvalue weighted by Gasteiger charge is 2.23. The van der Waals surface area contributed by atoms with E-state index in [0.29, 0.717) is 18.3 Å². The van der Waals surface area contributed by atoms with E-state index in [1.165, 1.54) is 0 Å². The summed E-state index contributed by atoms with van der Waals surface area (Å²) in [5.74, 6) is 1.51. The molecular formula is C13H25N3OS. The number of nitriles is 1. The van der Waals surface area contributed by atoms with Gasteiger partial charge in [0.1, 0.15) is 5.54 Å². The zero-order chi connectivity index (χ0) is 14.0. The third kappa shape index (κ3) is 8.37. The number of hydrogen-bond donors (Lipinski definition) is 2. The second kappa shape index (κ2) is 9.23. The molecule has 104 valence electrons. The van der Waals surface area contributed by atoms with Crippen LogP contribution in [0.2, 0.25) is 0 Å². The normalized spacial score (nSPS) is 14.0. The van der Waals surface area contributed by atoms with Gasteiger partial charge in [0.2, 0.25) is 5.91 Å². The van der Waals surface area contributed by atoms with Crippen molar-refractivity contribution < 1.29 is 4.79 Å². The molecule has 1 amide bonds. The van der Waals surface area contributed by atoms with Crippen molar-refractivity contribution in [2.75, 3.05) is 18.1 Å². The molecule has 0 spiro atoms. The van der Waals surface area contributed by atoms with Gasteiger partial charge in [0, 0.05) is 12.6 Å². The number of rotatable bonds is 9. The van der Waals surface area contributed by atoms with Gasteiger partial charge in [0.15, 0.2) is 0 Å². The summed E-state index contributed by atoms with van der Waals surface area (Å²) < 4.78 is 0. The van der Waals surface area contributed by atoms with E-state index >= 15 is 0 Å². The summed E-state index contributed by atoms with van der Waals surface area (Å²) in [6.45, 7) is 8.61. The first-order chi connectivity index (χ1) is 8.43. The van der Waals surface area contributed by atoms with E-state index in [1.54, 1.807) is 11.8 Å². The highest BCUT2D eigenvalue weighted by molar-refractivity contribution is 7.99. The molecule has 0 aromatic rings. The lowest BCUT2D eigenvalue weighted by Crippen LogP contribution is -2.44. The number of thioether (sulfide) groups is 1. The molecule has 0 fully saturated rings. The van der Waals surface area contributed by atoms with Gasteiger partial charge in [0.25, 0.3) is 0 Å². The molecule has 0 aromatic carbocycles. The van der Waals surface area contributed by atoms with E-state index in [4.69, 9.17) is 5.26 Å². The molecule has 0 rings (SSSR count). The van der Waals surface area contributed by atoms with E-state index in [-0.39, 0.29) is 5.91 Å².